The Labute approximate surface area is 169 Å². The summed E-state index contributed by atoms with van der Waals surface area (Å²) in [5.74, 6) is -0.0455. The van der Waals surface area contributed by atoms with Crippen molar-refractivity contribution in [2.75, 3.05) is 33.8 Å². The Balaban J connectivity index is 2.26. The lowest BCUT2D eigenvalue weighted by molar-refractivity contribution is -0.137. The van der Waals surface area contributed by atoms with Gasteiger partial charge in [0.1, 0.15) is 5.75 Å². The van der Waals surface area contributed by atoms with E-state index in [1.54, 1.807) is 43.5 Å². The minimum Gasteiger partial charge on any atom is -0.497 e. The molecular formula is C21H25NO7. The number of carboxylic acids is 1. The maximum Gasteiger partial charge on any atom is 0.303 e. The lowest BCUT2D eigenvalue weighted by Crippen LogP contribution is -2.18. The Morgan fingerprint density at radius 3 is 1.93 bits per heavy atom. The Kier molecular flexibility index (Phi) is 7.70. The number of carboxylic acid groups (broad SMARTS) is 1. The molecule has 0 aliphatic carbocycles. The molecule has 0 radical (unpaired) electrons. The van der Waals surface area contributed by atoms with E-state index in [1.165, 1.54) is 21.3 Å². The van der Waals surface area contributed by atoms with Crippen LogP contribution in [0.5, 0.6) is 23.0 Å². The molecule has 2 N–H and O–H groups in total. The first-order valence-corrected chi connectivity index (χ1v) is 8.87. The Morgan fingerprint density at radius 1 is 0.897 bits per heavy atom. The lowest BCUT2D eigenvalue weighted by Gasteiger charge is -2.19. The van der Waals surface area contributed by atoms with Gasteiger partial charge in [0.05, 0.1) is 34.9 Å². The summed E-state index contributed by atoms with van der Waals surface area (Å²) in [6.07, 6.45) is -0.258. The zero-order valence-electron chi connectivity index (χ0n) is 16.9. The molecule has 0 saturated heterocycles. The SMILES string of the molecule is COc1ccc(NC(=O)C[C@@H](CC(=O)O)c2cc(OC)c(OC)c(OC)c2)cc1. The van der Waals surface area contributed by atoms with Crippen LogP contribution in [0.25, 0.3) is 0 Å². The number of amides is 1. The quantitative estimate of drug-likeness (QED) is 0.627. The molecule has 2 aromatic carbocycles. The molecule has 1 atom stereocenters. The first-order valence-electron chi connectivity index (χ1n) is 8.87. The Hall–Kier alpha value is -3.42. The molecule has 0 spiro atoms. The normalized spacial score (nSPS) is 11.3. The van der Waals surface area contributed by atoms with Crippen molar-refractivity contribution < 1.29 is 33.6 Å². The van der Waals surface area contributed by atoms with E-state index < -0.39 is 11.9 Å². The molecule has 0 aliphatic heterocycles. The molecule has 29 heavy (non-hydrogen) atoms. The van der Waals surface area contributed by atoms with Crippen molar-refractivity contribution in [1.29, 1.82) is 0 Å². The minimum absolute atomic E-state index is 0.0308. The largest absolute Gasteiger partial charge is 0.497 e. The summed E-state index contributed by atoms with van der Waals surface area (Å²) in [6, 6.07) is 10.2. The summed E-state index contributed by atoms with van der Waals surface area (Å²) >= 11 is 0. The number of hydrogen-bond donors (Lipinski definition) is 2. The summed E-state index contributed by atoms with van der Waals surface area (Å²) in [4.78, 5) is 23.9. The average Bonchev–Trinajstić information content (AvgIpc) is 2.72. The van der Waals surface area contributed by atoms with Crippen LogP contribution in [0.4, 0.5) is 5.69 Å². The van der Waals surface area contributed by atoms with Gasteiger partial charge in [-0.1, -0.05) is 0 Å². The van der Waals surface area contributed by atoms with E-state index in [0.717, 1.165) is 0 Å². The maximum absolute atomic E-state index is 12.5. The molecule has 1 amide bonds. The fourth-order valence-electron chi connectivity index (χ4n) is 2.97. The van der Waals surface area contributed by atoms with E-state index in [4.69, 9.17) is 18.9 Å². The fraction of sp³-hybridized carbons (Fsp3) is 0.333. The van der Waals surface area contributed by atoms with Crippen molar-refractivity contribution >= 4 is 17.6 Å². The second-order valence-corrected chi connectivity index (χ2v) is 6.23. The third kappa shape index (κ3) is 5.78. The first kappa shape index (κ1) is 21.9. The van der Waals surface area contributed by atoms with Gasteiger partial charge in [-0.2, -0.15) is 0 Å². The molecule has 0 fully saturated rings. The predicted octanol–water partition coefficient (Wildman–Crippen LogP) is 3.31. The summed E-state index contributed by atoms with van der Waals surface area (Å²) in [5.41, 5.74) is 1.20. The molecular weight excluding hydrogens is 378 g/mol. The van der Waals surface area contributed by atoms with Gasteiger partial charge in [0, 0.05) is 18.0 Å². The third-order valence-electron chi connectivity index (χ3n) is 4.39. The first-order chi connectivity index (χ1) is 13.9. The molecule has 0 heterocycles. The van der Waals surface area contributed by atoms with Crippen LogP contribution in [-0.2, 0) is 9.59 Å². The van der Waals surface area contributed by atoms with Crippen LogP contribution in [0.1, 0.15) is 24.3 Å². The van der Waals surface area contributed by atoms with Gasteiger partial charge in [-0.25, -0.2) is 0 Å². The summed E-state index contributed by atoms with van der Waals surface area (Å²) in [6.45, 7) is 0. The average molecular weight is 403 g/mol. The highest BCUT2D eigenvalue weighted by molar-refractivity contribution is 5.91. The number of carbonyl (C=O) groups is 2. The van der Waals surface area contributed by atoms with Gasteiger partial charge in [-0.15, -0.1) is 0 Å². The van der Waals surface area contributed by atoms with Crippen LogP contribution in [0, 0.1) is 0 Å². The van der Waals surface area contributed by atoms with E-state index in [-0.39, 0.29) is 18.7 Å². The Bertz CT molecular complexity index is 824. The van der Waals surface area contributed by atoms with Gasteiger partial charge >= 0.3 is 5.97 Å². The van der Waals surface area contributed by atoms with E-state index >= 15 is 0 Å². The van der Waals surface area contributed by atoms with Crippen LogP contribution in [0.3, 0.4) is 0 Å². The number of ether oxygens (including phenoxy) is 4. The zero-order valence-corrected chi connectivity index (χ0v) is 16.9. The molecule has 156 valence electrons. The topological polar surface area (TPSA) is 103 Å². The molecule has 0 aliphatic rings. The van der Waals surface area contributed by atoms with Crippen molar-refractivity contribution in [2.45, 2.75) is 18.8 Å². The van der Waals surface area contributed by atoms with Crippen molar-refractivity contribution in [3.63, 3.8) is 0 Å². The Morgan fingerprint density at radius 2 is 1.48 bits per heavy atom. The summed E-state index contributed by atoms with van der Waals surface area (Å²) in [5, 5.41) is 12.1. The van der Waals surface area contributed by atoms with Crippen LogP contribution in [0.2, 0.25) is 0 Å². The number of methoxy groups -OCH3 is 4. The van der Waals surface area contributed by atoms with Crippen LogP contribution >= 0.6 is 0 Å². The lowest BCUT2D eigenvalue weighted by atomic mass is 9.91. The maximum atomic E-state index is 12.5. The number of rotatable bonds is 10. The molecule has 0 saturated carbocycles. The van der Waals surface area contributed by atoms with Crippen molar-refractivity contribution in [3.05, 3.63) is 42.0 Å². The van der Waals surface area contributed by atoms with E-state index in [0.29, 0.717) is 34.2 Å². The summed E-state index contributed by atoms with van der Waals surface area (Å²) in [7, 11) is 5.99. The van der Waals surface area contributed by atoms with Gasteiger partial charge in [-0.05, 0) is 42.0 Å². The highest BCUT2D eigenvalue weighted by Crippen LogP contribution is 2.41. The number of benzene rings is 2. The van der Waals surface area contributed by atoms with E-state index in [9.17, 15) is 14.7 Å². The smallest absolute Gasteiger partial charge is 0.303 e. The molecule has 8 heteroatoms. The van der Waals surface area contributed by atoms with Crippen LogP contribution in [0.15, 0.2) is 36.4 Å². The minimum atomic E-state index is -1.01. The number of aliphatic carboxylic acids is 1. The summed E-state index contributed by atoms with van der Waals surface area (Å²) < 4.78 is 21.1. The number of nitrogens with one attached hydrogen (secondary N) is 1. The van der Waals surface area contributed by atoms with Crippen LogP contribution < -0.4 is 24.3 Å². The van der Waals surface area contributed by atoms with Crippen molar-refractivity contribution in [1.82, 2.24) is 0 Å². The van der Waals surface area contributed by atoms with Gasteiger partial charge < -0.3 is 29.4 Å². The molecule has 2 aromatic rings. The van der Waals surface area contributed by atoms with Crippen molar-refractivity contribution in [2.24, 2.45) is 0 Å². The predicted molar refractivity (Wildman–Crippen MR) is 107 cm³/mol. The highest BCUT2D eigenvalue weighted by Gasteiger charge is 2.23. The molecule has 0 aromatic heterocycles. The van der Waals surface area contributed by atoms with E-state index in [1.807, 2.05) is 0 Å². The molecule has 2 rings (SSSR count). The van der Waals surface area contributed by atoms with Crippen LogP contribution in [-0.4, -0.2) is 45.4 Å². The van der Waals surface area contributed by atoms with Gasteiger partial charge in [0.25, 0.3) is 0 Å². The number of anilines is 1. The third-order valence-corrected chi connectivity index (χ3v) is 4.39. The monoisotopic (exact) mass is 403 g/mol. The van der Waals surface area contributed by atoms with Crippen molar-refractivity contribution in [3.8, 4) is 23.0 Å². The molecule has 0 unspecified atom stereocenters. The van der Waals surface area contributed by atoms with Gasteiger partial charge in [0.15, 0.2) is 11.5 Å². The second-order valence-electron chi connectivity index (χ2n) is 6.23. The highest BCUT2D eigenvalue weighted by atomic mass is 16.5. The zero-order chi connectivity index (χ0) is 21.4. The van der Waals surface area contributed by atoms with Gasteiger partial charge in [-0.3, -0.25) is 9.59 Å². The van der Waals surface area contributed by atoms with E-state index in [2.05, 4.69) is 5.32 Å². The number of carbonyl (C=O) groups excluding carboxylic acids is 1. The fourth-order valence-corrected chi connectivity index (χ4v) is 2.97. The standard InChI is InChI=1S/C21H25NO7/c1-26-16-7-5-15(6-8-16)22-19(23)11-14(12-20(24)25)13-9-17(27-2)21(29-4)18(10-13)28-3/h5-10,14H,11-12H2,1-4H3,(H,22,23)(H,24,25)/t14-/m0/s1. The van der Waals surface area contributed by atoms with Gasteiger partial charge in [0.2, 0.25) is 11.7 Å². The molecule has 8 nitrogen and oxygen atoms in total. The molecule has 0 bridgehead atoms. The second kappa shape index (κ2) is 10.2. The number of hydrogen-bond acceptors (Lipinski definition) is 6.